The molecule has 0 aromatic heterocycles. The van der Waals surface area contributed by atoms with Crippen LogP contribution in [0.2, 0.25) is 0 Å². The van der Waals surface area contributed by atoms with Crippen LogP contribution >= 0.6 is 0 Å². The fourth-order valence-corrected chi connectivity index (χ4v) is 1.72. The number of aliphatic carboxylic acids is 1. The molecule has 0 aliphatic heterocycles. The molecule has 0 rings (SSSR count). The summed E-state index contributed by atoms with van der Waals surface area (Å²) in [6.45, 7) is 2.69. The number of hydrogen-bond donors (Lipinski definition) is 1. The van der Waals surface area contributed by atoms with E-state index in [1.807, 2.05) is 0 Å². The number of carboxylic acid groups (broad SMARTS) is 1. The zero-order chi connectivity index (χ0) is 15.4. The first-order valence-electron chi connectivity index (χ1n) is 5.75. The Kier molecular flexibility index (Phi) is 5.95. The standard InChI is InChI=1S/C11H22N2O5S/c1-11(2,19(5,17)18)10(16)13(8-9(14)15)7-6-12(3)4/h6-8H2,1-5H3,(H,14,15). The van der Waals surface area contributed by atoms with E-state index in [0.717, 1.165) is 11.2 Å². The summed E-state index contributed by atoms with van der Waals surface area (Å²) in [5, 5.41) is 8.81. The van der Waals surface area contributed by atoms with Crippen LogP contribution in [0.1, 0.15) is 13.8 Å². The number of rotatable bonds is 7. The van der Waals surface area contributed by atoms with Crippen molar-refractivity contribution in [2.24, 2.45) is 0 Å². The summed E-state index contributed by atoms with van der Waals surface area (Å²) in [6.07, 6.45) is 0.968. The molecule has 0 atom stereocenters. The fraction of sp³-hybridized carbons (Fsp3) is 0.818. The van der Waals surface area contributed by atoms with Crippen LogP contribution in [0, 0.1) is 0 Å². The Hall–Kier alpha value is -1.15. The quantitative estimate of drug-likeness (QED) is 0.666. The minimum absolute atomic E-state index is 0.164. The number of sulfone groups is 1. The van der Waals surface area contributed by atoms with E-state index in [9.17, 15) is 18.0 Å². The highest BCUT2D eigenvalue weighted by molar-refractivity contribution is 7.92. The number of carbonyl (C=O) groups is 2. The number of amides is 1. The monoisotopic (exact) mass is 294 g/mol. The Morgan fingerprint density at radius 2 is 1.63 bits per heavy atom. The maximum absolute atomic E-state index is 12.2. The Morgan fingerprint density at radius 1 is 1.16 bits per heavy atom. The fourth-order valence-electron chi connectivity index (χ4n) is 1.28. The van der Waals surface area contributed by atoms with Gasteiger partial charge in [0, 0.05) is 19.3 Å². The molecule has 0 saturated carbocycles. The highest BCUT2D eigenvalue weighted by atomic mass is 32.2. The van der Waals surface area contributed by atoms with Gasteiger partial charge in [-0.1, -0.05) is 0 Å². The van der Waals surface area contributed by atoms with Gasteiger partial charge in [-0.3, -0.25) is 9.59 Å². The number of carboxylic acids is 1. The number of carbonyl (C=O) groups excluding carboxylic acids is 1. The van der Waals surface area contributed by atoms with Crippen LogP contribution in [0.15, 0.2) is 0 Å². The molecule has 8 heteroatoms. The van der Waals surface area contributed by atoms with E-state index in [1.165, 1.54) is 13.8 Å². The molecule has 0 aliphatic carbocycles. The van der Waals surface area contributed by atoms with Gasteiger partial charge >= 0.3 is 5.97 Å². The van der Waals surface area contributed by atoms with Gasteiger partial charge in [0.05, 0.1) is 0 Å². The zero-order valence-electron chi connectivity index (χ0n) is 12.0. The minimum atomic E-state index is -3.62. The SMILES string of the molecule is CN(C)CCN(CC(=O)O)C(=O)C(C)(C)S(C)(=O)=O. The number of nitrogens with zero attached hydrogens (tertiary/aromatic N) is 2. The lowest BCUT2D eigenvalue weighted by Gasteiger charge is -2.30. The van der Waals surface area contributed by atoms with Crippen molar-refractivity contribution in [2.75, 3.05) is 40.0 Å². The third-order valence-corrected chi connectivity index (χ3v) is 4.90. The molecule has 0 aromatic carbocycles. The highest BCUT2D eigenvalue weighted by Gasteiger charge is 2.41. The third kappa shape index (κ3) is 5.15. The second kappa shape index (κ2) is 6.33. The van der Waals surface area contributed by atoms with Crippen LogP contribution in [-0.4, -0.2) is 79.9 Å². The van der Waals surface area contributed by atoms with Crippen molar-refractivity contribution in [2.45, 2.75) is 18.6 Å². The molecule has 0 unspecified atom stereocenters. The Labute approximate surface area is 114 Å². The highest BCUT2D eigenvalue weighted by Crippen LogP contribution is 2.18. The van der Waals surface area contributed by atoms with Gasteiger partial charge < -0.3 is 14.9 Å². The first-order valence-corrected chi connectivity index (χ1v) is 7.64. The molecular weight excluding hydrogens is 272 g/mol. The summed E-state index contributed by atoms with van der Waals surface area (Å²) in [5.41, 5.74) is 0. The maximum atomic E-state index is 12.2. The minimum Gasteiger partial charge on any atom is -0.480 e. The van der Waals surface area contributed by atoms with Gasteiger partial charge in [0.25, 0.3) is 0 Å². The van der Waals surface area contributed by atoms with Crippen molar-refractivity contribution >= 4 is 21.7 Å². The molecule has 0 aliphatic rings. The summed E-state index contributed by atoms with van der Waals surface area (Å²) in [6, 6.07) is 0. The average molecular weight is 294 g/mol. The predicted octanol–water partition coefficient (Wildman–Crippen LogP) is -0.716. The van der Waals surface area contributed by atoms with Crippen molar-refractivity contribution in [3.05, 3.63) is 0 Å². The Bertz CT molecular complexity index is 442. The lowest BCUT2D eigenvalue weighted by atomic mass is 10.1. The largest absolute Gasteiger partial charge is 0.480 e. The van der Waals surface area contributed by atoms with Crippen LogP contribution in [0.4, 0.5) is 0 Å². The van der Waals surface area contributed by atoms with Crippen molar-refractivity contribution in [1.82, 2.24) is 9.80 Å². The van der Waals surface area contributed by atoms with Gasteiger partial charge in [-0.2, -0.15) is 0 Å². The predicted molar refractivity (Wildman–Crippen MR) is 71.7 cm³/mol. The Balaban J connectivity index is 5.15. The van der Waals surface area contributed by atoms with Crippen molar-refractivity contribution in [3.63, 3.8) is 0 Å². The molecule has 0 aromatic rings. The van der Waals surface area contributed by atoms with Gasteiger partial charge in [-0.05, 0) is 27.9 Å². The van der Waals surface area contributed by atoms with Crippen molar-refractivity contribution in [3.8, 4) is 0 Å². The van der Waals surface area contributed by atoms with E-state index in [-0.39, 0.29) is 6.54 Å². The third-order valence-electron chi connectivity index (χ3n) is 2.87. The molecule has 112 valence electrons. The summed E-state index contributed by atoms with van der Waals surface area (Å²) in [5.74, 6) is -1.87. The number of likely N-dealkylation sites (N-methyl/N-ethyl adjacent to an activating group) is 1. The first kappa shape index (κ1) is 17.8. The average Bonchev–Trinajstić information content (AvgIpc) is 2.20. The molecular formula is C11H22N2O5S. The molecule has 0 spiro atoms. The Morgan fingerprint density at radius 3 is 1.95 bits per heavy atom. The summed E-state index contributed by atoms with van der Waals surface area (Å²) in [4.78, 5) is 25.8. The zero-order valence-corrected chi connectivity index (χ0v) is 12.8. The second-order valence-electron chi connectivity index (χ2n) is 5.21. The molecule has 7 nitrogen and oxygen atoms in total. The summed E-state index contributed by atoms with van der Waals surface area (Å²) < 4.78 is 21.6. The molecule has 0 saturated heterocycles. The van der Waals surface area contributed by atoms with Gasteiger partial charge in [-0.25, -0.2) is 8.42 Å². The molecule has 1 amide bonds. The molecule has 0 radical (unpaired) electrons. The van der Waals surface area contributed by atoms with E-state index >= 15 is 0 Å². The van der Waals surface area contributed by atoms with Gasteiger partial charge in [0.2, 0.25) is 5.91 Å². The van der Waals surface area contributed by atoms with E-state index in [2.05, 4.69) is 0 Å². The summed E-state index contributed by atoms with van der Waals surface area (Å²) in [7, 11) is -0.0530. The topological polar surface area (TPSA) is 95.0 Å². The smallest absolute Gasteiger partial charge is 0.323 e. The lowest BCUT2D eigenvalue weighted by molar-refractivity contribution is -0.145. The van der Waals surface area contributed by atoms with E-state index in [4.69, 9.17) is 5.11 Å². The van der Waals surface area contributed by atoms with Crippen LogP contribution in [0.3, 0.4) is 0 Å². The molecule has 19 heavy (non-hydrogen) atoms. The first-order chi connectivity index (χ1) is 8.39. The number of hydrogen-bond acceptors (Lipinski definition) is 5. The van der Waals surface area contributed by atoms with E-state index < -0.39 is 33.0 Å². The lowest BCUT2D eigenvalue weighted by Crippen LogP contribution is -2.52. The normalized spacial score (nSPS) is 12.5. The second-order valence-corrected chi connectivity index (χ2v) is 7.77. The molecule has 0 heterocycles. The van der Waals surface area contributed by atoms with Crippen LogP contribution in [0.25, 0.3) is 0 Å². The van der Waals surface area contributed by atoms with Gasteiger partial charge in [-0.15, -0.1) is 0 Å². The molecule has 1 N–H and O–H groups in total. The molecule has 0 fully saturated rings. The van der Waals surface area contributed by atoms with Gasteiger partial charge in [0.1, 0.15) is 11.3 Å². The van der Waals surface area contributed by atoms with Gasteiger partial charge in [0.15, 0.2) is 9.84 Å². The molecule has 0 bridgehead atoms. The van der Waals surface area contributed by atoms with Crippen molar-refractivity contribution in [1.29, 1.82) is 0 Å². The van der Waals surface area contributed by atoms with E-state index in [0.29, 0.717) is 6.54 Å². The maximum Gasteiger partial charge on any atom is 0.323 e. The van der Waals surface area contributed by atoms with Crippen LogP contribution in [-0.2, 0) is 19.4 Å². The summed E-state index contributed by atoms with van der Waals surface area (Å²) >= 11 is 0. The van der Waals surface area contributed by atoms with Crippen LogP contribution in [0.5, 0.6) is 0 Å². The van der Waals surface area contributed by atoms with E-state index in [1.54, 1.807) is 19.0 Å². The van der Waals surface area contributed by atoms with Crippen LogP contribution < -0.4 is 0 Å². The van der Waals surface area contributed by atoms with Crippen molar-refractivity contribution < 1.29 is 23.1 Å².